The van der Waals surface area contributed by atoms with E-state index in [1.54, 1.807) is 0 Å². The molecule has 1 aliphatic rings. The molecule has 7 rings (SSSR count). The summed E-state index contributed by atoms with van der Waals surface area (Å²) in [5.74, 6) is 0. The molecule has 6 aromatic rings. The number of hydrogen-bond donors (Lipinski definition) is 0. The first kappa shape index (κ1) is 29.5. The molecule has 3 aromatic heterocycles. The van der Waals surface area contributed by atoms with Gasteiger partial charge in [-0.15, -0.1) is 0 Å². The molecule has 2 unspecified atom stereocenters. The maximum Gasteiger partial charge on any atom is 0.298 e. The van der Waals surface area contributed by atoms with E-state index in [0.29, 0.717) is 0 Å². The molecule has 0 aliphatic carbocycles. The summed E-state index contributed by atoms with van der Waals surface area (Å²) in [5, 5.41) is 1.30. The van der Waals surface area contributed by atoms with E-state index < -0.39 is 0 Å². The molecule has 45 heavy (non-hydrogen) atoms. The van der Waals surface area contributed by atoms with Crippen LogP contribution in [0.1, 0.15) is 89.3 Å². The van der Waals surface area contributed by atoms with Crippen molar-refractivity contribution in [2.45, 2.75) is 91.5 Å². The van der Waals surface area contributed by atoms with Crippen molar-refractivity contribution < 1.29 is 4.57 Å². The predicted octanol–water partition coefficient (Wildman–Crippen LogP) is 10.6. The van der Waals surface area contributed by atoms with Crippen LogP contribution in [-0.4, -0.2) is 9.38 Å². The van der Waals surface area contributed by atoms with Gasteiger partial charge in [-0.05, 0) is 91.3 Å². The van der Waals surface area contributed by atoms with E-state index in [-0.39, 0.29) is 16.4 Å². The highest BCUT2D eigenvalue weighted by atomic mass is 15.2. The summed E-state index contributed by atoms with van der Waals surface area (Å²) in [4.78, 5) is 5.45. The van der Waals surface area contributed by atoms with Crippen molar-refractivity contribution in [3.8, 4) is 22.4 Å². The number of pyridine rings is 2. The molecule has 3 aromatic carbocycles. The van der Waals surface area contributed by atoms with Crippen molar-refractivity contribution in [3.63, 3.8) is 0 Å². The smallest absolute Gasteiger partial charge is 0.252 e. The molecule has 2 atom stereocenters. The molecule has 0 saturated heterocycles. The van der Waals surface area contributed by atoms with E-state index in [9.17, 15) is 0 Å². The highest BCUT2D eigenvalue weighted by Crippen LogP contribution is 2.51. The van der Waals surface area contributed by atoms with Gasteiger partial charge < -0.3 is 0 Å². The third-order valence-electron chi connectivity index (χ3n) is 11.4. The van der Waals surface area contributed by atoms with Gasteiger partial charge in [0.1, 0.15) is 11.2 Å². The number of rotatable bonds is 5. The summed E-state index contributed by atoms with van der Waals surface area (Å²) < 4.78 is 5.24. The molecule has 0 radical (unpaired) electrons. The number of aryl methyl sites for hydroxylation is 2. The van der Waals surface area contributed by atoms with Gasteiger partial charge in [0, 0.05) is 28.2 Å². The molecular weight excluding hydrogens is 546 g/mol. The maximum atomic E-state index is 5.45. The first-order valence-electron chi connectivity index (χ1n) is 16.6. The Balaban J connectivity index is 1.65. The molecule has 1 aliphatic heterocycles. The summed E-state index contributed by atoms with van der Waals surface area (Å²) in [6.45, 7) is 25.0. The normalized spacial score (nSPS) is 19.7. The molecule has 228 valence electrons. The van der Waals surface area contributed by atoms with Crippen LogP contribution in [0.4, 0.5) is 0 Å². The average molecular weight is 593 g/mol. The monoisotopic (exact) mass is 592 g/mol. The number of imidazole rings is 1. The van der Waals surface area contributed by atoms with Crippen LogP contribution in [0.2, 0.25) is 0 Å². The van der Waals surface area contributed by atoms with E-state index in [4.69, 9.17) is 4.98 Å². The second-order valence-corrected chi connectivity index (χ2v) is 14.7. The molecule has 0 fully saturated rings. The Labute approximate surface area is 268 Å². The minimum absolute atomic E-state index is 0.0653. The van der Waals surface area contributed by atoms with Crippen molar-refractivity contribution in [1.82, 2.24) is 9.38 Å². The van der Waals surface area contributed by atoms with Gasteiger partial charge in [0.25, 0.3) is 5.65 Å². The maximum absolute atomic E-state index is 5.45. The lowest BCUT2D eigenvalue weighted by molar-refractivity contribution is -0.728. The largest absolute Gasteiger partial charge is 0.298 e. The zero-order valence-corrected chi connectivity index (χ0v) is 28.5. The fraction of sp³-hybridized carbons (Fsp3) is 0.333. The molecule has 4 heterocycles. The average Bonchev–Trinajstić information content (AvgIpc) is 3.36. The minimum atomic E-state index is -0.133. The van der Waals surface area contributed by atoms with Gasteiger partial charge in [-0.25, -0.2) is 4.57 Å². The van der Waals surface area contributed by atoms with E-state index in [1.807, 2.05) is 6.08 Å². The van der Waals surface area contributed by atoms with Crippen LogP contribution in [0.25, 0.3) is 56.0 Å². The lowest BCUT2D eigenvalue weighted by Crippen LogP contribution is -2.66. The second-order valence-electron chi connectivity index (χ2n) is 14.7. The third kappa shape index (κ3) is 4.02. The Bertz CT molecular complexity index is 2170. The van der Waals surface area contributed by atoms with Crippen molar-refractivity contribution in [2.75, 3.05) is 0 Å². The summed E-state index contributed by atoms with van der Waals surface area (Å²) in [6.07, 6.45) is 3.98. The number of fused-ring (bicyclic) bond motifs is 3. The van der Waals surface area contributed by atoms with Gasteiger partial charge in [0.2, 0.25) is 0 Å². The Morgan fingerprint density at radius 2 is 1.53 bits per heavy atom. The zero-order chi connectivity index (χ0) is 32.1. The molecule has 0 spiro atoms. The highest BCUT2D eigenvalue weighted by Gasteiger charge is 2.55. The lowest BCUT2D eigenvalue weighted by atomic mass is 9.61. The molecule has 0 bridgehead atoms. The third-order valence-corrected chi connectivity index (χ3v) is 11.4. The van der Waals surface area contributed by atoms with Crippen LogP contribution in [0.5, 0.6) is 0 Å². The van der Waals surface area contributed by atoms with E-state index in [2.05, 4.69) is 151 Å². The first-order valence-corrected chi connectivity index (χ1v) is 16.6. The lowest BCUT2D eigenvalue weighted by Gasteiger charge is -2.47. The fourth-order valence-corrected chi connectivity index (χ4v) is 7.90. The predicted molar refractivity (Wildman–Crippen MR) is 191 cm³/mol. The summed E-state index contributed by atoms with van der Waals surface area (Å²) in [6, 6.07) is 27.3. The Morgan fingerprint density at radius 3 is 2.18 bits per heavy atom. The number of benzene rings is 3. The van der Waals surface area contributed by atoms with Crippen molar-refractivity contribution in [2.24, 2.45) is 0 Å². The molecular formula is C42H46N3+. The summed E-state index contributed by atoms with van der Waals surface area (Å²) in [7, 11) is 0. The Kier molecular flexibility index (Phi) is 6.47. The van der Waals surface area contributed by atoms with Crippen LogP contribution in [-0.2, 0) is 16.4 Å². The molecule has 0 N–H and O–H groups in total. The van der Waals surface area contributed by atoms with Gasteiger partial charge >= 0.3 is 0 Å². The van der Waals surface area contributed by atoms with Gasteiger partial charge in [-0.3, -0.25) is 4.98 Å². The zero-order valence-electron chi connectivity index (χ0n) is 28.5. The van der Waals surface area contributed by atoms with Crippen molar-refractivity contribution in [3.05, 3.63) is 107 Å². The van der Waals surface area contributed by atoms with Gasteiger partial charge in [-0.1, -0.05) is 96.7 Å². The molecule has 3 heteroatoms. The quantitative estimate of drug-likeness (QED) is 0.182. The van der Waals surface area contributed by atoms with Crippen LogP contribution < -0.4 is 4.57 Å². The van der Waals surface area contributed by atoms with Gasteiger partial charge in [0.05, 0.1) is 10.9 Å². The summed E-state index contributed by atoms with van der Waals surface area (Å²) in [5.41, 5.74) is 15.8. The molecule has 0 amide bonds. The fourth-order valence-electron chi connectivity index (χ4n) is 7.90. The van der Waals surface area contributed by atoms with E-state index >= 15 is 0 Å². The van der Waals surface area contributed by atoms with Gasteiger partial charge in [-0.2, -0.15) is 4.40 Å². The van der Waals surface area contributed by atoms with Crippen LogP contribution in [0.3, 0.4) is 0 Å². The number of nitrogens with zero attached hydrogens (tertiary/aromatic N) is 3. The number of hydrogen-bond acceptors (Lipinski definition) is 1. The second kappa shape index (κ2) is 9.88. The topological polar surface area (TPSA) is 21.2 Å². The van der Waals surface area contributed by atoms with Gasteiger partial charge in [0.15, 0.2) is 11.0 Å². The first-order chi connectivity index (χ1) is 21.4. The number of aromatic nitrogens is 3. The Morgan fingerprint density at radius 1 is 0.844 bits per heavy atom. The molecule has 3 nitrogen and oxygen atoms in total. The van der Waals surface area contributed by atoms with Crippen molar-refractivity contribution >= 4 is 33.7 Å². The van der Waals surface area contributed by atoms with E-state index in [0.717, 1.165) is 29.6 Å². The standard InChI is InChI=1S/C42H46N3/c1-11-28-15-14-16-31(23-28)29-17-19-30(20-18-29)34-25-33-38-32(24-37(43-33)40(6,7)8)41(9,12-2)42(10,13-3)45-36-22-27(5)26(4)21-35(36)44(34)39(38)45/h11,14-25H,1,12-13H2,2-10H3/q+1. The minimum Gasteiger partial charge on any atom is -0.252 e. The SMILES string of the molecule is C=Cc1cccc(-c2ccc(-c3cc4nc(C(C)(C)C)cc5c4c4n3c3cc(C)c(C)cc3[n+]4C(C)(CC)C5(C)CC)cc2)c1. The molecule has 0 saturated carbocycles. The van der Waals surface area contributed by atoms with E-state index in [1.165, 1.54) is 61.1 Å². The Hall–Kier alpha value is -4.24. The van der Waals surface area contributed by atoms with Crippen LogP contribution in [0.15, 0.2) is 79.4 Å². The van der Waals surface area contributed by atoms with Crippen molar-refractivity contribution in [1.29, 1.82) is 0 Å². The highest BCUT2D eigenvalue weighted by molar-refractivity contribution is 6.01. The summed E-state index contributed by atoms with van der Waals surface area (Å²) >= 11 is 0. The van der Waals surface area contributed by atoms with Crippen LogP contribution in [0, 0.1) is 13.8 Å². The van der Waals surface area contributed by atoms with Crippen LogP contribution >= 0.6 is 0 Å².